The third-order valence-electron chi connectivity index (χ3n) is 7.97. The number of piperazine rings is 2. The van der Waals surface area contributed by atoms with E-state index in [1.807, 2.05) is 18.2 Å². The van der Waals surface area contributed by atoms with E-state index in [4.69, 9.17) is 4.74 Å². The molecule has 3 saturated heterocycles. The first-order chi connectivity index (χ1) is 19.5. The number of anilines is 2. The first-order valence-electron chi connectivity index (χ1n) is 14.1. The summed E-state index contributed by atoms with van der Waals surface area (Å²) < 4.78 is 34.8. The number of halogens is 2. The average molecular weight is 548 g/mol. The van der Waals surface area contributed by atoms with Crippen LogP contribution in [0.15, 0.2) is 60.7 Å². The Hall–Kier alpha value is -3.69. The maximum absolute atomic E-state index is 14.5. The van der Waals surface area contributed by atoms with Gasteiger partial charge in [0.2, 0.25) is 0 Å². The molecule has 210 valence electrons. The van der Waals surface area contributed by atoms with Gasteiger partial charge in [-0.2, -0.15) is 0 Å². The zero-order valence-electron chi connectivity index (χ0n) is 22.5. The molecular weight excluding hydrogens is 512 g/mol. The van der Waals surface area contributed by atoms with Crippen molar-refractivity contribution in [1.82, 2.24) is 15.5 Å². The van der Waals surface area contributed by atoms with Gasteiger partial charge in [-0.3, -0.25) is 4.79 Å². The van der Waals surface area contributed by atoms with Gasteiger partial charge in [-0.05, 0) is 61.0 Å². The van der Waals surface area contributed by atoms with E-state index in [0.717, 1.165) is 73.9 Å². The largest absolute Gasteiger partial charge is 0.488 e. The minimum absolute atomic E-state index is 0.0845. The fraction of sp³-hybridized carbons (Fsp3) is 0.387. The van der Waals surface area contributed by atoms with Crippen molar-refractivity contribution in [2.24, 2.45) is 0 Å². The Bertz CT molecular complexity index is 1330. The van der Waals surface area contributed by atoms with E-state index in [0.29, 0.717) is 31.7 Å². The number of nitrogens with zero attached hydrogens (tertiary/aromatic N) is 3. The molecule has 0 aliphatic carbocycles. The second-order valence-corrected chi connectivity index (χ2v) is 10.6. The number of nitrogens with one attached hydrogen (secondary N) is 2. The Morgan fingerprint density at radius 1 is 0.800 bits per heavy atom. The SMILES string of the molecule is O=C(c1cc(F)cc(N2CCNCC2)c1)N1CCN(c2cccc(O[C@H]3CCNC3)c2-c2ccc(F)cc2)CC1. The van der Waals surface area contributed by atoms with Crippen LogP contribution in [0.3, 0.4) is 0 Å². The molecule has 6 rings (SSSR count). The lowest BCUT2D eigenvalue weighted by molar-refractivity contribution is 0.0746. The normalized spacial score (nSPS) is 19.6. The number of ether oxygens (including phenoxy) is 1. The topological polar surface area (TPSA) is 60.1 Å². The van der Waals surface area contributed by atoms with Gasteiger partial charge in [0.15, 0.2) is 0 Å². The molecule has 3 aliphatic rings. The van der Waals surface area contributed by atoms with E-state index in [-0.39, 0.29) is 17.8 Å². The van der Waals surface area contributed by atoms with Crippen LogP contribution in [-0.4, -0.2) is 82.4 Å². The monoisotopic (exact) mass is 547 g/mol. The molecule has 3 aromatic carbocycles. The maximum Gasteiger partial charge on any atom is 0.254 e. The summed E-state index contributed by atoms with van der Waals surface area (Å²) in [5.74, 6) is -0.0545. The number of hydrogen-bond acceptors (Lipinski definition) is 6. The summed E-state index contributed by atoms with van der Waals surface area (Å²) in [7, 11) is 0. The van der Waals surface area contributed by atoms with Crippen LogP contribution in [-0.2, 0) is 0 Å². The molecule has 0 saturated carbocycles. The molecular formula is C31H35F2N5O2. The number of rotatable bonds is 6. The molecule has 3 aliphatic heterocycles. The number of carbonyl (C=O) groups is 1. The summed E-state index contributed by atoms with van der Waals surface area (Å²) in [5.41, 5.74) is 3.95. The highest BCUT2D eigenvalue weighted by atomic mass is 19.1. The molecule has 2 N–H and O–H groups in total. The Morgan fingerprint density at radius 3 is 2.30 bits per heavy atom. The van der Waals surface area contributed by atoms with Crippen LogP contribution in [0.25, 0.3) is 11.1 Å². The van der Waals surface area contributed by atoms with Crippen molar-refractivity contribution in [3.8, 4) is 16.9 Å². The lowest BCUT2D eigenvalue weighted by Crippen LogP contribution is -2.49. The number of hydrogen-bond donors (Lipinski definition) is 2. The van der Waals surface area contributed by atoms with Gasteiger partial charge in [0.25, 0.3) is 5.91 Å². The van der Waals surface area contributed by atoms with Gasteiger partial charge in [0.05, 0.1) is 0 Å². The highest BCUT2D eigenvalue weighted by molar-refractivity contribution is 5.95. The molecule has 3 fully saturated rings. The number of benzene rings is 3. The lowest BCUT2D eigenvalue weighted by Gasteiger charge is -2.37. The zero-order valence-corrected chi connectivity index (χ0v) is 22.5. The van der Waals surface area contributed by atoms with E-state index in [1.54, 1.807) is 17.0 Å². The van der Waals surface area contributed by atoms with Crippen molar-refractivity contribution in [3.63, 3.8) is 0 Å². The van der Waals surface area contributed by atoms with Crippen LogP contribution in [0.5, 0.6) is 5.75 Å². The standard InChI is InChI=1S/C31H35F2N5O2/c32-24-6-4-22(5-7-24)30-28(2-1-3-29(30)40-27-8-9-35-21-27)37-14-16-38(17-15-37)31(39)23-18-25(33)20-26(19-23)36-12-10-34-11-13-36/h1-7,18-20,27,34-35H,8-17,21H2/t27-/m0/s1. The van der Waals surface area contributed by atoms with Crippen molar-refractivity contribution in [3.05, 3.63) is 77.9 Å². The van der Waals surface area contributed by atoms with Crippen molar-refractivity contribution < 1.29 is 18.3 Å². The molecule has 3 aromatic rings. The number of amides is 1. The van der Waals surface area contributed by atoms with Crippen molar-refractivity contribution in [2.75, 3.05) is 75.2 Å². The fourth-order valence-corrected chi connectivity index (χ4v) is 5.83. The van der Waals surface area contributed by atoms with Gasteiger partial charge in [0, 0.05) is 81.4 Å². The van der Waals surface area contributed by atoms with Gasteiger partial charge in [0.1, 0.15) is 23.5 Å². The van der Waals surface area contributed by atoms with Gasteiger partial charge >= 0.3 is 0 Å². The van der Waals surface area contributed by atoms with E-state index < -0.39 is 5.82 Å². The van der Waals surface area contributed by atoms with Crippen molar-refractivity contribution in [2.45, 2.75) is 12.5 Å². The number of carbonyl (C=O) groups excluding carboxylic acids is 1. The summed E-state index contributed by atoms with van der Waals surface area (Å²) in [6, 6.07) is 17.2. The van der Waals surface area contributed by atoms with Crippen LogP contribution in [0.1, 0.15) is 16.8 Å². The van der Waals surface area contributed by atoms with Crippen LogP contribution in [0, 0.1) is 11.6 Å². The summed E-state index contributed by atoms with van der Waals surface area (Å²) in [6.07, 6.45) is 1.02. The summed E-state index contributed by atoms with van der Waals surface area (Å²) >= 11 is 0. The Kier molecular flexibility index (Phi) is 7.84. The van der Waals surface area contributed by atoms with Crippen LogP contribution < -0.4 is 25.2 Å². The van der Waals surface area contributed by atoms with Crippen LogP contribution >= 0.6 is 0 Å². The molecule has 0 bridgehead atoms. The zero-order chi connectivity index (χ0) is 27.5. The van der Waals surface area contributed by atoms with Crippen molar-refractivity contribution >= 4 is 17.3 Å². The van der Waals surface area contributed by atoms with Crippen molar-refractivity contribution in [1.29, 1.82) is 0 Å². The van der Waals surface area contributed by atoms with Gasteiger partial charge < -0.3 is 30.1 Å². The molecule has 0 spiro atoms. The van der Waals surface area contributed by atoms with E-state index >= 15 is 0 Å². The predicted molar refractivity (Wildman–Crippen MR) is 153 cm³/mol. The summed E-state index contributed by atoms with van der Waals surface area (Å²) in [6.45, 7) is 7.23. The molecule has 0 radical (unpaired) electrons. The first-order valence-corrected chi connectivity index (χ1v) is 14.1. The second kappa shape index (κ2) is 11.8. The smallest absolute Gasteiger partial charge is 0.254 e. The molecule has 0 unspecified atom stereocenters. The Labute approximate surface area is 233 Å². The fourth-order valence-electron chi connectivity index (χ4n) is 5.83. The molecule has 7 nitrogen and oxygen atoms in total. The highest BCUT2D eigenvalue weighted by Crippen LogP contribution is 2.40. The third-order valence-corrected chi connectivity index (χ3v) is 7.97. The molecule has 9 heteroatoms. The summed E-state index contributed by atoms with van der Waals surface area (Å²) in [4.78, 5) is 19.6. The average Bonchev–Trinajstić information content (AvgIpc) is 3.51. The van der Waals surface area contributed by atoms with Crippen LogP contribution in [0.2, 0.25) is 0 Å². The van der Waals surface area contributed by atoms with Gasteiger partial charge in [-0.1, -0.05) is 18.2 Å². The quantitative estimate of drug-likeness (QED) is 0.491. The molecule has 0 aromatic heterocycles. The third kappa shape index (κ3) is 5.76. The van der Waals surface area contributed by atoms with Gasteiger partial charge in [-0.25, -0.2) is 8.78 Å². The van der Waals surface area contributed by atoms with Gasteiger partial charge in [-0.15, -0.1) is 0 Å². The summed E-state index contributed by atoms with van der Waals surface area (Å²) in [5, 5.41) is 6.64. The molecule has 1 amide bonds. The molecule has 1 atom stereocenters. The van der Waals surface area contributed by atoms with E-state index in [2.05, 4.69) is 26.5 Å². The second-order valence-electron chi connectivity index (χ2n) is 10.6. The highest BCUT2D eigenvalue weighted by Gasteiger charge is 2.27. The minimum Gasteiger partial charge on any atom is -0.488 e. The first kappa shape index (κ1) is 26.5. The Balaban J connectivity index is 1.21. The molecule has 40 heavy (non-hydrogen) atoms. The Morgan fingerprint density at radius 2 is 1.57 bits per heavy atom. The van der Waals surface area contributed by atoms with E-state index in [1.165, 1.54) is 24.3 Å². The maximum atomic E-state index is 14.5. The minimum atomic E-state index is -0.392. The predicted octanol–water partition coefficient (Wildman–Crippen LogP) is 3.74. The molecule has 3 heterocycles. The van der Waals surface area contributed by atoms with E-state index in [9.17, 15) is 13.6 Å². The van der Waals surface area contributed by atoms with Crippen LogP contribution in [0.4, 0.5) is 20.2 Å². The lowest BCUT2D eigenvalue weighted by atomic mass is 10.0.